The zero-order chi connectivity index (χ0) is 20.7. The van der Waals surface area contributed by atoms with E-state index in [0.29, 0.717) is 27.4 Å². The minimum Gasteiger partial charge on any atom is -0.480 e. The van der Waals surface area contributed by atoms with Crippen molar-refractivity contribution in [3.8, 4) is 11.3 Å². The number of aromatic nitrogens is 2. The van der Waals surface area contributed by atoms with Gasteiger partial charge in [-0.25, -0.2) is 14.2 Å². The molecule has 0 fully saturated rings. The fourth-order valence-corrected chi connectivity index (χ4v) is 4.83. The first-order valence-electron chi connectivity index (χ1n) is 8.89. The summed E-state index contributed by atoms with van der Waals surface area (Å²) in [4.78, 5) is 19.6. The Bertz CT molecular complexity index is 1280. The number of rotatable bonds is 5. The predicted molar refractivity (Wildman–Crippen MR) is 115 cm³/mol. The van der Waals surface area contributed by atoms with Gasteiger partial charge in [0, 0.05) is 23.1 Å². The largest absolute Gasteiger partial charge is 0.480 e. The van der Waals surface area contributed by atoms with Crippen molar-refractivity contribution < 1.29 is 18.8 Å². The van der Waals surface area contributed by atoms with Crippen LogP contribution in [-0.4, -0.2) is 38.1 Å². The Balaban J connectivity index is 1.32. The van der Waals surface area contributed by atoms with Crippen molar-refractivity contribution in [2.75, 3.05) is 11.1 Å². The van der Waals surface area contributed by atoms with Crippen LogP contribution in [0.4, 0.5) is 15.2 Å². The van der Waals surface area contributed by atoms with Gasteiger partial charge in [0.05, 0.1) is 10.2 Å². The van der Waals surface area contributed by atoms with E-state index in [2.05, 4.69) is 20.4 Å². The van der Waals surface area contributed by atoms with E-state index >= 15 is 0 Å². The molecule has 7 nitrogen and oxygen atoms in total. The zero-order valence-corrected chi connectivity index (χ0v) is 16.8. The average molecular weight is 440 g/mol. The van der Waals surface area contributed by atoms with E-state index in [1.807, 2.05) is 24.3 Å². The minimum absolute atomic E-state index is 0.283. The van der Waals surface area contributed by atoms with Crippen LogP contribution in [0.2, 0.25) is 0 Å². The van der Waals surface area contributed by atoms with Gasteiger partial charge in [0.15, 0.2) is 16.9 Å². The number of carboxylic acids is 1. The van der Waals surface area contributed by atoms with Crippen LogP contribution in [0, 0.1) is 5.82 Å². The maximum absolute atomic E-state index is 13.3. The molecule has 1 atom stereocenters. The molecule has 1 aliphatic rings. The first-order valence-corrected chi connectivity index (χ1v) is 10.7. The van der Waals surface area contributed by atoms with Gasteiger partial charge in [0.25, 0.3) is 0 Å². The number of fused-ring (bicyclic) bond motifs is 1. The summed E-state index contributed by atoms with van der Waals surface area (Å²) < 4.78 is 19.5. The maximum atomic E-state index is 13.3. The fourth-order valence-electron chi connectivity index (χ4n) is 2.95. The minimum atomic E-state index is -0.946. The summed E-state index contributed by atoms with van der Waals surface area (Å²) in [6.07, 6.45) is 0. The number of hydrogen-bond donors (Lipinski definition) is 2. The summed E-state index contributed by atoms with van der Waals surface area (Å²) in [5.41, 5.74) is 3.06. The van der Waals surface area contributed by atoms with Crippen molar-refractivity contribution in [1.82, 2.24) is 10.1 Å². The van der Waals surface area contributed by atoms with Gasteiger partial charge in [0.2, 0.25) is 0 Å². The van der Waals surface area contributed by atoms with Crippen molar-refractivity contribution in [2.45, 2.75) is 6.04 Å². The molecule has 150 valence electrons. The molecule has 2 aromatic heterocycles. The SMILES string of the molecule is O=C(O)[C@H]1CSC(c2cc(-c3ccc(Nc4nc5ccc(F)cc5s4)cc3)no2)=N1. The number of anilines is 2. The Morgan fingerprint density at radius 3 is 2.80 bits per heavy atom. The second-order valence-electron chi connectivity index (χ2n) is 6.51. The lowest BCUT2D eigenvalue weighted by molar-refractivity contribution is -0.137. The van der Waals surface area contributed by atoms with Crippen LogP contribution in [0.25, 0.3) is 21.5 Å². The van der Waals surface area contributed by atoms with Gasteiger partial charge in [-0.3, -0.25) is 4.99 Å². The number of thioether (sulfide) groups is 1. The van der Waals surface area contributed by atoms with Crippen molar-refractivity contribution >= 4 is 55.1 Å². The second-order valence-corrected chi connectivity index (χ2v) is 8.55. The maximum Gasteiger partial charge on any atom is 0.329 e. The third-order valence-corrected chi connectivity index (χ3v) is 6.44. The number of hydrogen-bond acceptors (Lipinski definition) is 8. The monoisotopic (exact) mass is 440 g/mol. The molecule has 30 heavy (non-hydrogen) atoms. The normalized spacial score (nSPS) is 16.0. The molecule has 3 heterocycles. The van der Waals surface area contributed by atoms with E-state index in [9.17, 15) is 9.18 Å². The van der Waals surface area contributed by atoms with Crippen molar-refractivity contribution in [1.29, 1.82) is 0 Å². The molecular formula is C20H13FN4O3S2. The number of thiazole rings is 1. The fraction of sp³-hybridized carbons (Fsp3) is 0.100. The van der Waals surface area contributed by atoms with Crippen LogP contribution in [0.1, 0.15) is 5.76 Å². The molecule has 10 heteroatoms. The Labute approximate surface area is 177 Å². The number of halogens is 1. The van der Waals surface area contributed by atoms with Crippen LogP contribution in [0.5, 0.6) is 0 Å². The molecular weight excluding hydrogens is 427 g/mol. The van der Waals surface area contributed by atoms with Gasteiger partial charge in [-0.2, -0.15) is 0 Å². The lowest BCUT2D eigenvalue weighted by Crippen LogP contribution is -2.17. The average Bonchev–Trinajstić information content (AvgIpc) is 3.47. The van der Waals surface area contributed by atoms with Crippen molar-refractivity contribution in [3.63, 3.8) is 0 Å². The second kappa shape index (κ2) is 7.54. The summed E-state index contributed by atoms with van der Waals surface area (Å²) >= 11 is 2.72. The van der Waals surface area contributed by atoms with E-state index in [1.165, 1.54) is 35.2 Å². The predicted octanol–water partition coefficient (Wildman–Crippen LogP) is 4.78. The van der Waals surface area contributed by atoms with Crippen LogP contribution in [0.3, 0.4) is 0 Å². The molecule has 2 aromatic carbocycles. The molecule has 0 spiro atoms. The highest BCUT2D eigenvalue weighted by molar-refractivity contribution is 8.14. The summed E-state index contributed by atoms with van der Waals surface area (Å²) in [6.45, 7) is 0. The number of carbonyl (C=O) groups is 1. The standard InChI is InChI=1S/C20H13FN4O3S2/c21-11-3-6-13-17(7-11)30-20(24-13)22-12-4-1-10(2-5-12)14-8-16(28-25-14)18-23-15(9-29-18)19(26)27/h1-8,15H,9H2,(H,22,24)(H,26,27)/t15-/m1/s1. The third kappa shape index (κ3) is 3.66. The van der Waals surface area contributed by atoms with E-state index < -0.39 is 12.0 Å². The molecule has 0 bridgehead atoms. The van der Waals surface area contributed by atoms with Crippen molar-refractivity contribution in [3.05, 3.63) is 60.1 Å². The Morgan fingerprint density at radius 1 is 1.20 bits per heavy atom. The number of nitrogens with zero attached hydrogens (tertiary/aromatic N) is 3. The van der Waals surface area contributed by atoms with Gasteiger partial charge in [0.1, 0.15) is 16.6 Å². The molecule has 0 saturated heterocycles. The molecule has 0 amide bonds. The first-order chi connectivity index (χ1) is 14.5. The molecule has 0 saturated carbocycles. The molecule has 5 rings (SSSR count). The van der Waals surface area contributed by atoms with E-state index in [4.69, 9.17) is 9.63 Å². The molecule has 0 radical (unpaired) electrons. The first kappa shape index (κ1) is 18.8. The Kier molecular flexibility index (Phi) is 4.72. The number of benzene rings is 2. The smallest absolute Gasteiger partial charge is 0.329 e. The highest BCUT2D eigenvalue weighted by Gasteiger charge is 2.27. The van der Waals surface area contributed by atoms with Gasteiger partial charge in [-0.1, -0.05) is 28.6 Å². The molecule has 2 N–H and O–H groups in total. The number of nitrogens with one attached hydrogen (secondary N) is 1. The lowest BCUT2D eigenvalue weighted by Gasteiger charge is -2.03. The quantitative estimate of drug-likeness (QED) is 0.461. The zero-order valence-electron chi connectivity index (χ0n) is 15.2. The van der Waals surface area contributed by atoms with Crippen LogP contribution in [0.15, 0.2) is 58.0 Å². The topological polar surface area (TPSA) is 101 Å². The van der Waals surface area contributed by atoms with Crippen LogP contribution in [-0.2, 0) is 4.79 Å². The highest BCUT2D eigenvalue weighted by atomic mass is 32.2. The van der Waals surface area contributed by atoms with E-state index in [0.717, 1.165) is 21.5 Å². The summed E-state index contributed by atoms with van der Waals surface area (Å²) in [5, 5.41) is 17.6. The number of aliphatic carboxylic acids is 1. The van der Waals surface area contributed by atoms with Crippen molar-refractivity contribution in [2.24, 2.45) is 4.99 Å². The Morgan fingerprint density at radius 2 is 2.03 bits per heavy atom. The molecule has 4 aromatic rings. The van der Waals surface area contributed by atoms with Gasteiger partial charge in [-0.15, -0.1) is 11.8 Å². The van der Waals surface area contributed by atoms with Crippen LogP contribution >= 0.6 is 23.1 Å². The summed E-state index contributed by atoms with van der Waals surface area (Å²) in [6, 6.07) is 13.1. The lowest BCUT2D eigenvalue weighted by atomic mass is 10.1. The number of aliphatic imine (C=N–C) groups is 1. The molecule has 1 aliphatic heterocycles. The highest BCUT2D eigenvalue weighted by Crippen LogP contribution is 2.30. The summed E-state index contributed by atoms with van der Waals surface area (Å²) in [5.74, 6) is -0.379. The summed E-state index contributed by atoms with van der Waals surface area (Å²) in [7, 11) is 0. The van der Waals surface area contributed by atoms with Gasteiger partial charge in [-0.05, 0) is 30.3 Å². The third-order valence-electron chi connectivity index (χ3n) is 4.44. The van der Waals surface area contributed by atoms with Gasteiger partial charge >= 0.3 is 5.97 Å². The van der Waals surface area contributed by atoms with E-state index in [1.54, 1.807) is 12.1 Å². The van der Waals surface area contributed by atoms with E-state index in [-0.39, 0.29) is 5.82 Å². The van der Waals surface area contributed by atoms with Gasteiger partial charge < -0.3 is 14.9 Å². The Hall–Kier alpha value is -3.24. The van der Waals surface area contributed by atoms with Crippen LogP contribution < -0.4 is 5.32 Å². The molecule has 0 aliphatic carbocycles. The molecule has 0 unspecified atom stereocenters. The number of carboxylic acid groups (broad SMARTS) is 1.